The maximum atomic E-state index is 13.5. The van der Waals surface area contributed by atoms with Crippen LogP contribution in [0, 0.1) is 5.92 Å². The van der Waals surface area contributed by atoms with Crippen LogP contribution in [0.3, 0.4) is 0 Å². The number of anilines is 3. The highest BCUT2D eigenvalue weighted by Crippen LogP contribution is 2.37. The van der Waals surface area contributed by atoms with Crippen LogP contribution < -0.4 is 25.6 Å². The molecule has 0 aliphatic carbocycles. The molecule has 7 rings (SSSR count). The van der Waals surface area contributed by atoms with Gasteiger partial charge in [-0.05, 0) is 61.7 Å². The van der Waals surface area contributed by atoms with Crippen LogP contribution in [0.1, 0.15) is 35.2 Å². The lowest BCUT2D eigenvalue weighted by Gasteiger charge is -2.34. The summed E-state index contributed by atoms with van der Waals surface area (Å²) in [6.07, 6.45) is 10.2. The summed E-state index contributed by atoms with van der Waals surface area (Å²) in [7, 11) is -1.18. The number of fused-ring (bicyclic) bond motifs is 2. The third-order valence-electron chi connectivity index (χ3n) is 8.78. The lowest BCUT2D eigenvalue weighted by molar-refractivity contribution is -0.126. The molecular weight excluding hydrogens is 622 g/mol. The highest BCUT2D eigenvalue weighted by Gasteiger charge is 2.33. The van der Waals surface area contributed by atoms with Crippen LogP contribution in [0.4, 0.5) is 21.9 Å². The number of aryl methyl sites for hydroxylation is 1. The number of hydrogen-bond acceptors (Lipinski definition) is 9. The number of piperidine rings is 1. The van der Waals surface area contributed by atoms with Gasteiger partial charge in [-0.25, -0.2) is 18.2 Å². The van der Waals surface area contributed by atoms with Gasteiger partial charge in [0, 0.05) is 73.0 Å². The Kier molecular flexibility index (Phi) is 7.88. The first kappa shape index (κ1) is 30.4. The number of carbonyl (C=O) groups excluding carboxylic acids is 3. The minimum Gasteiger partial charge on any atom is -0.452 e. The van der Waals surface area contributed by atoms with Crippen LogP contribution >= 0.6 is 0 Å². The average molecular weight is 656 g/mol. The topological polar surface area (TPSA) is 165 Å². The summed E-state index contributed by atoms with van der Waals surface area (Å²) in [4.78, 5) is 49.7. The molecule has 47 heavy (non-hydrogen) atoms. The number of carbonyl (C=O) groups is 3. The Morgan fingerprint density at radius 2 is 1.85 bits per heavy atom. The van der Waals surface area contributed by atoms with Crippen molar-refractivity contribution in [1.82, 2.24) is 19.9 Å². The number of pyridine rings is 2. The van der Waals surface area contributed by atoms with E-state index in [1.54, 1.807) is 48.8 Å². The zero-order chi connectivity index (χ0) is 32.7. The van der Waals surface area contributed by atoms with Gasteiger partial charge in [0.2, 0.25) is 11.7 Å². The summed E-state index contributed by atoms with van der Waals surface area (Å²) >= 11 is 0. The molecule has 1 unspecified atom stereocenters. The molecule has 0 radical (unpaired) electrons. The van der Waals surface area contributed by atoms with E-state index in [2.05, 4.69) is 30.8 Å². The van der Waals surface area contributed by atoms with Gasteiger partial charge in [0.15, 0.2) is 15.6 Å². The highest BCUT2D eigenvalue weighted by atomic mass is 32.2. The second kappa shape index (κ2) is 12.2. The number of ether oxygens (including phenoxy) is 1. The SMILES string of the molecule is Cn1cc(C=C2Oc3ccc(NC(=O)Nc4cccnc4)cc3C2=O)c2c(N3CCC(C(=O)NC4CCS(=O)(=O)C4)CC3)ccnc21. The predicted octanol–water partition coefficient (Wildman–Crippen LogP) is 3.75. The van der Waals surface area contributed by atoms with E-state index in [0.29, 0.717) is 55.0 Å². The fraction of sp³-hybridized carbons (Fsp3) is 0.303. The van der Waals surface area contributed by atoms with Crippen LogP contribution in [0.15, 0.2) is 66.9 Å². The number of nitrogens with zero attached hydrogens (tertiary/aromatic N) is 4. The van der Waals surface area contributed by atoms with Gasteiger partial charge in [-0.3, -0.25) is 14.6 Å². The second-order valence-electron chi connectivity index (χ2n) is 12.1. The number of sulfone groups is 1. The molecule has 4 aromatic rings. The lowest BCUT2D eigenvalue weighted by Crippen LogP contribution is -2.44. The predicted molar refractivity (Wildman–Crippen MR) is 177 cm³/mol. The molecule has 14 heteroatoms. The molecule has 6 heterocycles. The monoisotopic (exact) mass is 655 g/mol. The van der Waals surface area contributed by atoms with Crippen molar-refractivity contribution in [3.05, 3.63) is 78.1 Å². The minimum atomic E-state index is -3.07. The van der Waals surface area contributed by atoms with Crippen LogP contribution in [-0.4, -0.2) is 71.3 Å². The molecule has 242 valence electrons. The number of rotatable bonds is 6. The highest BCUT2D eigenvalue weighted by molar-refractivity contribution is 7.91. The Labute approximate surface area is 270 Å². The van der Waals surface area contributed by atoms with E-state index in [4.69, 9.17) is 4.74 Å². The normalized spacial score (nSPS) is 19.9. The van der Waals surface area contributed by atoms with E-state index in [1.165, 1.54) is 6.20 Å². The fourth-order valence-corrected chi connectivity index (χ4v) is 8.11. The molecule has 2 fully saturated rings. The maximum Gasteiger partial charge on any atom is 0.323 e. The molecule has 1 aromatic carbocycles. The van der Waals surface area contributed by atoms with E-state index in [0.717, 1.165) is 22.3 Å². The van der Waals surface area contributed by atoms with Crippen LogP contribution in [0.2, 0.25) is 0 Å². The van der Waals surface area contributed by atoms with E-state index in [9.17, 15) is 22.8 Å². The number of nitrogens with one attached hydrogen (secondary N) is 3. The summed E-state index contributed by atoms with van der Waals surface area (Å²) in [6, 6.07) is 9.49. The summed E-state index contributed by atoms with van der Waals surface area (Å²) in [5.41, 5.74) is 3.75. The third-order valence-corrected chi connectivity index (χ3v) is 10.5. The van der Waals surface area contributed by atoms with E-state index in [-0.39, 0.29) is 40.9 Å². The summed E-state index contributed by atoms with van der Waals surface area (Å²) in [6.45, 7) is 1.27. The van der Waals surface area contributed by atoms with Crippen molar-refractivity contribution in [2.45, 2.75) is 25.3 Å². The van der Waals surface area contributed by atoms with Crippen molar-refractivity contribution >= 4 is 61.7 Å². The molecule has 0 bridgehead atoms. The summed E-state index contributed by atoms with van der Waals surface area (Å²) < 4.78 is 31.5. The van der Waals surface area contributed by atoms with Crippen molar-refractivity contribution in [3.8, 4) is 5.75 Å². The lowest BCUT2D eigenvalue weighted by atomic mass is 9.94. The van der Waals surface area contributed by atoms with Gasteiger partial charge in [0.1, 0.15) is 11.4 Å². The first-order chi connectivity index (χ1) is 22.6. The number of ketones is 1. The van der Waals surface area contributed by atoms with Gasteiger partial charge in [-0.15, -0.1) is 0 Å². The van der Waals surface area contributed by atoms with Crippen LogP contribution in [-0.2, 0) is 21.7 Å². The third kappa shape index (κ3) is 6.28. The van der Waals surface area contributed by atoms with Gasteiger partial charge >= 0.3 is 6.03 Å². The first-order valence-corrected chi connectivity index (χ1v) is 17.2. The Bertz CT molecular complexity index is 2030. The molecule has 1 atom stereocenters. The number of urea groups is 1. The molecular formula is C33H33N7O6S. The van der Waals surface area contributed by atoms with Crippen molar-refractivity contribution in [1.29, 1.82) is 0 Å². The van der Waals surface area contributed by atoms with Crippen LogP contribution in [0.25, 0.3) is 17.1 Å². The number of aromatic nitrogens is 3. The van der Waals surface area contributed by atoms with Gasteiger partial charge in [0.25, 0.3) is 0 Å². The number of benzene rings is 1. The standard InChI is InChI=1S/C33H33N7O6S/c1-39-18-21(15-28-30(41)25-16-22(4-5-27(25)46-28)37-33(43)38-23-3-2-10-34-17-23)29-26(6-11-35-31(29)39)40-12-7-20(8-13-40)32(42)36-24-9-14-47(44,45)19-24/h2-6,10-11,15-18,20,24H,7-9,12-14,19H2,1H3,(H,36,42)(H2,37,38,43). The van der Waals surface area contributed by atoms with Crippen molar-refractivity contribution in [2.75, 3.05) is 40.1 Å². The molecule has 3 aromatic heterocycles. The van der Waals surface area contributed by atoms with Gasteiger partial charge in [0.05, 0.1) is 29.0 Å². The molecule has 3 amide bonds. The largest absolute Gasteiger partial charge is 0.452 e. The molecule has 0 saturated carbocycles. The maximum absolute atomic E-state index is 13.5. The van der Waals surface area contributed by atoms with E-state index < -0.39 is 15.9 Å². The molecule has 3 aliphatic rings. The van der Waals surface area contributed by atoms with Gasteiger partial charge in [-0.1, -0.05) is 0 Å². The van der Waals surface area contributed by atoms with Crippen molar-refractivity contribution < 1.29 is 27.5 Å². The zero-order valence-electron chi connectivity index (χ0n) is 25.6. The summed E-state index contributed by atoms with van der Waals surface area (Å²) in [5.74, 6) is 0.113. The summed E-state index contributed by atoms with van der Waals surface area (Å²) in [5, 5.41) is 9.24. The van der Waals surface area contributed by atoms with Gasteiger partial charge < -0.3 is 30.2 Å². The average Bonchev–Trinajstić information content (AvgIpc) is 3.68. The van der Waals surface area contributed by atoms with Gasteiger partial charge in [-0.2, -0.15) is 0 Å². The Hall–Kier alpha value is -5.24. The molecule has 2 saturated heterocycles. The quantitative estimate of drug-likeness (QED) is 0.263. The Morgan fingerprint density at radius 1 is 1.04 bits per heavy atom. The smallest absolute Gasteiger partial charge is 0.323 e. The zero-order valence-corrected chi connectivity index (χ0v) is 26.4. The van der Waals surface area contributed by atoms with Crippen molar-refractivity contribution in [2.24, 2.45) is 13.0 Å². The number of hydrogen-bond donors (Lipinski definition) is 3. The van der Waals surface area contributed by atoms with Crippen LogP contribution in [0.5, 0.6) is 5.75 Å². The molecule has 3 aliphatic heterocycles. The molecule has 3 N–H and O–H groups in total. The van der Waals surface area contributed by atoms with E-state index >= 15 is 0 Å². The number of amides is 3. The Balaban J connectivity index is 1.06. The number of Topliss-reactive ketones (excluding diaryl/α,β-unsaturated/α-hetero) is 1. The van der Waals surface area contributed by atoms with Crippen molar-refractivity contribution in [3.63, 3.8) is 0 Å². The van der Waals surface area contributed by atoms with E-state index in [1.807, 2.05) is 23.9 Å². The molecule has 13 nitrogen and oxygen atoms in total. The Morgan fingerprint density at radius 3 is 2.60 bits per heavy atom. The second-order valence-corrected chi connectivity index (χ2v) is 14.3. The number of allylic oxidation sites excluding steroid dienone is 1. The minimum absolute atomic E-state index is 0.0121. The first-order valence-electron chi connectivity index (χ1n) is 15.4. The fourth-order valence-electron chi connectivity index (χ4n) is 6.44. The molecule has 0 spiro atoms.